The summed E-state index contributed by atoms with van der Waals surface area (Å²) in [6, 6.07) is 6.52. The van der Waals surface area contributed by atoms with Crippen LogP contribution in [0.3, 0.4) is 0 Å². The summed E-state index contributed by atoms with van der Waals surface area (Å²) in [5, 5.41) is 20.7. The first kappa shape index (κ1) is 16.2. The van der Waals surface area contributed by atoms with E-state index in [1.54, 1.807) is 6.08 Å². The average Bonchev–Trinajstić information content (AvgIpc) is 2.83. The summed E-state index contributed by atoms with van der Waals surface area (Å²) in [5.41, 5.74) is 2.78. The predicted octanol–water partition coefficient (Wildman–Crippen LogP) is 3.44. The molecule has 0 bridgehead atoms. The Kier molecular flexibility index (Phi) is 3.97. The zero-order valence-corrected chi connectivity index (χ0v) is 14.4. The van der Waals surface area contributed by atoms with Crippen LogP contribution < -0.4 is 4.74 Å². The number of aliphatic hydroxyl groups is 2. The lowest BCUT2D eigenvalue weighted by molar-refractivity contribution is -0.0505. The molecule has 0 saturated heterocycles. The van der Waals surface area contributed by atoms with Gasteiger partial charge in [0.25, 0.3) is 0 Å². The second-order valence-electron chi connectivity index (χ2n) is 8.17. The highest BCUT2D eigenvalue weighted by atomic mass is 16.5. The van der Waals surface area contributed by atoms with Gasteiger partial charge in [-0.15, -0.1) is 0 Å². The molecule has 1 aromatic carbocycles. The third kappa shape index (κ3) is 2.33. The monoisotopic (exact) mass is 328 g/mol. The summed E-state index contributed by atoms with van der Waals surface area (Å²) >= 11 is 0. The van der Waals surface area contributed by atoms with Crippen LogP contribution in [-0.2, 0) is 6.42 Å². The average molecular weight is 328 g/mol. The molecule has 2 N–H and O–H groups in total. The molecule has 130 valence electrons. The van der Waals surface area contributed by atoms with Gasteiger partial charge in [0.15, 0.2) is 0 Å². The normalized spacial score (nSPS) is 40.4. The van der Waals surface area contributed by atoms with Crippen molar-refractivity contribution in [2.75, 3.05) is 6.61 Å². The highest BCUT2D eigenvalue weighted by molar-refractivity contribution is 5.41. The molecule has 0 radical (unpaired) electrons. The molecule has 3 heteroatoms. The second kappa shape index (κ2) is 5.89. The second-order valence-corrected chi connectivity index (χ2v) is 8.17. The van der Waals surface area contributed by atoms with Crippen LogP contribution in [0.25, 0.3) is 0 Å². The van der Waals surface area contributed by atoms with Crippen LogP contribution in [0.2, 0.25) is 0 Å². The Morgan fingerprint density at radius 2 is 2.17 bits per heavy atom. The summed E-state index contributed by atoms with van der Waals surface area (Å²) in [6.07, 6.45) is 5.77. The van der Waals surface area contributed by atoms with Gasteiger partial charge in [-0.1, -0.05) is 25.6 Å². The smallest absolute Gasteiger partial charge is 0.120 e. The number of aliphatic hydroxyl groups excluding tert-OH is 2. The Labute approximate surface area is 144 Å². The number of ether oxygens (including phenoxy) is 1. The molecule has 6 atom stereocenters. The SMILES string of the molecule is C=CCOc1ccc2c(c1)CC[C@@H]1[C@@H]2CC[C@]2(C)[C@@H](O)[C@@H](O)C[C@@H]12. The Hall–Kier alpha value is -1.32. The van der Waals surface area contributed by atoms with Crippen molar-refractivity contribution in [1.29, 1.82) is 0 Å². The molecule has 0 unspecified atom stereocenters. The van der Waals surface area contributed by atoms with Crippen molar-refractivity contribution in [2.45, 2.75) is 57.2 Å². The van der Waals surface area contributed by atoms with Gasteiger partial charge in [0.1, 0.15) is 12.4 Å². The molecule has 1 aromatic rings. The first-order chi connectivity index (χ1) is 11.5. The third-order valence-electron chi connectivity index (χ3n) is 7.04. The maximum Gasteiger partial charge on any atom is 0.120 e. The Bertz CT molecular complexity index is 640. The Morgan fingerprint density at radius 1 is 1.33 bits per heavy atom. The molecule has 3 aliphatic carbocycles. The quantitative estimate of drug-likeness (QED) is 0.836. The van der Waals surface area contributed by atoms with Crippen molar-refractivity contribution in [3.05, 3.63) is 42.0 Å². The fraction of sp³-hybridized carbons (Fsp3) is 0.619. The van der Waals surface area contributed by atoms with E-state index >= 15 is 0 Å². The van der Waals surface area contributed by atoms with Gasteiger partial charge in [0.2, 0.25) is 0 Å². The number of aryl methyl sites for hydroxylation is 1. The molecule has 3 aliphatic rings. The summed E-state index contributed by atoms with van der Waals surface area (Å²) in [6.45, 7) is 6.43. The summed E-state index contributed by atoms with van der Waals surface area (Å²) in [4.78, 5) is 0. The third-order valence-corrected chi connectivity index (χ3v) is 7.04. The largest absolute Gasteiger partial charge is 0.490 e. The minimum atomic E-state index is -0.556. The predicted molar refractivity (Wildman–Crippen MR) is 94.1 cm³/mol. The Balaban J connectivity index is 1.61. The molecule has 0 aromatic heterocycles. The van der Waals surface area contributed by atoms with E-state index < -0.39 is 12.2 Å². The molecule has 0 aliphatic heterocycles. The van der Waals surface area contributed by atoms with Crippen molar-refractivity contribution >= 4 is 0 Å². The van der Waals surface area contributed by atoms with Gasteiger partial charge >= 0.3 is 0 Å². The summed E-state index contributed by atoms with van der Waals surface area (Å²) < 4.78 is 5.69. The van der Waals surface area contributed by atoms with Crippen LogP contribution >= 0.6 is 0 Å². The molecule has 4 rings (SSSR count). The lowest BCUT2D eigenvalue weighted by atomic mass is 9.55. The molecule has 2 saturated carbocycles. The molecule has 0 heterocycles. The van der Waals surface area contributed by atoms with Gasteiger partial charge in [0, 0.05) is 0 Å². The fourth-order valence-electron chi connectivity index (χ4n) is 5.79. The standard InChI is InChI=1S/C21H28O3/c1-3-10-24-14-5-7-15-13(11-14)4-6-17-16(15)8-9-21(2)18(17)12-19(22)20(21)23/h3,5,7,11,16-20,22-23H,1,4,6,8-10,12H2,2H3/t16-,17-,18+,19+,20+,21+/m1/s1. The van der Waals surface area contributed by atoms with Gasteiger partial charge in [0.05, 0.1) is 12.2 Å². The minimum absolute atomic E-state index is 0.106. The molecule has 24 heavy (non-hydrogen) atoms. The van der Waals surface area contributed by atoms with Gasteiger partial charge < -0.3 is 14.9 Å². The highest BCUT2D eigenvalue weighted by Gasteiger charge is 2.57. The van der Waals surface area contributed by atoms with Crippen molar-refractivity contribution < 1.29 is 14.9 Å². The van der Waals surface area contributed by atoms with Crippen molar-refractivity contribution in [3.8, 4) is 5.75 Å². The highest BCUT2D eigenvalue weighted by Crippen LogP contribution is 2.60. The lowest BCUT2D eigenvalue weighted by Crippen LogP contribution is -2.44. The van der Waals surface area contributed by atoms with E-state index in [2.05, 4.69) is 31.7 Å². The number of hydrogen-bond acceptors (Lipinski definition) is 3. The van der Waals surface area contributed by atoms with Crippen LogP contribution in [-0.4, -0.2) is 29.0 Å². The molecular weight excluding hydrogens is 300 g/mol. The number of fused-ring (bicyclic) bond motifs is 5. The van der Waals surface area contributed by atoms with Crippen molar-refractivity contribution in [3.63, 3.8) is 0 Å². The van der Waals surface area contributed by atoms with Crippen LogP contribution in [0.15, 0.2) is 30.9 Å². The zero-order chi connectivity index (χ0) is 16.9. The molecule has 3 nitrogen and oxygen atoms in total. The van der Waals surface area contributed by atoms with E-state index in [1.165, 1.54) is 11.1 Å². The van der Waals surface area contributed by atoms with Gasteiger partial charge in [-0.3, -0.25) is 0 Å². The molecular formula is C21H28O3. The van der Waals surface area contributed by atoms with Crippen molar-refractivity contribution in [2.24, 2.45) is 17.3 Å². The van der Waals surface area contributed by atoms with E-state index in [-0.39, 0.29) is 5.41 Å². The van der Waals surface area contributed by atoms with Gasteiger partial charge in [-0.2, -0.15) is 0 Å². The van der Waals surface area contributed by atoms with E-state index in [9.17, 15) is 10.2 Å². The lowest BCUT2D eigenvalue weighted by Gasteiger charge is -2.49. The first-order valence-electron chi connectivity index (χ1n) is 9.27. The number of benzene rings is 1. The fourth-order valence-corrected chi connectivity index (χ4v) is 5.79. The van der Waals surface area contributed by atoms with E-state index in [1.807, 2.05) is 0 Å². The first-order valence-corrected chi connectivity index (χ1v) is 9.27. The molecule has 0 spiro atoms. The van der Waals surface area contributed by atoms with Crippen LogP contribution in [0.1, 0.15) is 49.7 Å². The van der Waals surface area contributed by atoms with E-state index in [4.69, 9.17) is 4.74 Å². The van der Waals surface area contributed by atoms with Crippen LogP contribution in [0.5, 0.6) is 5.75 Å². The number of rotatable bonds is 3. The Morgan fingerprint density at radius 3 is 2.96 bits per heavy atom. The van der Waals surface area contributed by atoms with Crippen molar-refractivity contribution in [1.82, 2.24) is 0 Å². The molecule has 0 amide bonds. The topological polar surface area (TPSA) is 49.7 Å². The van der Waals surface area contributed by atoms with Crippen LogP contribution in [0, 0.1) is 17.3 Å². The minimum Gasteiger partial charge on any atom is -0.490 e. The van der Waals surface area contributed by atoms with Gasteiger partial charge in [-0.05, 0) is 78.5 Å². The maximum absolute atomic E-state index is 10.5. The molecule has 2 fully saturated rings. The zero-order valence-electron chi connectivity index (χ0n) is 14.4. The summed E-state index contributed by atoms with van der Waals surface area (Å²) in [5.74, 6) is 2.52. The van der Waals surface area contributed by atoms with E-state index in [0.717, 1.165) is 37.9 Å². The van der Waals surface area contributed by atoms with Gasteiger partial charge in [-0.25, -0.2) is 0 Å². The summed E-state index contributed by atoms with van der Waals surface area (Å²) in [7, 11) is 0. The van der Waals surface area contributed by atoms with Crippen LogP contribution in [0.4, 0.5) is 0 Å². The number of hydrogen-bond donors (Lipinski definition) is 2. The van der Waals surface area contributed by atoms with E-state index in [0.29, 0.717) is 24.4 Å². The maximum atomic E-state index is 10.5.